The summed E-state index contributed by atoms with van der Waals surface area (Å²) in [6.07, 6.45) is 1.57. The van der Waals surface area contributed by atoms with E-state index in [0.717, 1.165) is 31.2 Å². The Morgan fingerprint density at radius 1 is 0.971 bits per heavy atom. The van der Waals surface area contributed by atoms with Gasteiger partial charge in [-0.05, 0) is 65.9 Å². The molecule has 4 rings (SSSR count). The number of nitrogens with zero attached hydrogens (tertiary/aromatic N) is 1. The number of ether oxygens (including phenoxy) is 1. The molecule has 3 aromatic rings. The van der Waals surface area contributed by atoms with Gasteiger partial charge in [0.1, 0.15) is 18.2 Å². The first kappa shape index (κ1) is 24.4. The molecular formula is C25H16Br2FNO4S. The minimum Gasteiger partial charge on any atom is -0.488 e. The number of imide groups is 1. The molecule has 1 heterocycles. The van der Waals surface area contributed by atoms with Crippen LogP contribution in [0.5, 0.6) is 5.75 Å². The normalized spacial score (nSPS) is 14.7. The van der Waals surface area contributed by atoms with Gasteiger partial charge in [-0.25, -0.2) is 4.39 Å². The zero-order chi connectivity index (χ0) is 24.2. The highest BCUT2D eigenvalue weighted by molar-refractivity contribution is 9.10. The predicted molar refractivity (Wildman–Crippen MR) is 136 cm³/mol. The van der Waals surface area contributed by atoms with E-state index in [1.165, 1.54) is 12.1 Å². The lowest BCUT2D eigenvalue weighted by Crippen LogP contribution is -2.33. The first-order valence-electron chi connectivity index (χ1n) is 10.0. The third-order valence-electron chi connectivity index (χ3n) is 4.91. The predicted octanol–water partition coefficient (Wildman–Crippen LogP) is 6.85. The molecule has 3 aromatic carbocycles. The van der Waals surface area contributed by atoms with Crippen molar-refractivity contribution in [1.82, 2.24) is 4.90 Å². The van der Waals surface area contributed by atoms with Crippen molar-refractivity contribution >= 4 is 66.6 Å². The summed E-state index contributed by atoms with van der Waals surface area (Å²) in [7, 11) is 0. The number of benzene rings is 3. The Labute approximate surface area is 216 Å². The molecule has 0 saturated carbocycles. The molecule has 0 bridgehead atoms. The molecule has 1 aliphatic heterocycles. The number of ketones is 1. The van der Waals surface area contributed by atoms with E-state index in [-0.39, 0.29) is 29.7 Å². The van der Waals surface area contributed by atoms with Crippen LogP contribution in [0.3, 0.4) is 0 Å². The lowest BCUT2D eigenvalue weighted by Gasteiger charge is -2.12. The van der Waals surface area contributed by atoms with E-state index in [2.05, 4.69) is 31.9 Å². The van der Waals surface area contributed by atoms with Crippen LogP contribution in [-0.4, -0.2) is 28.4 Å². The number of amides is 2. The van der Waals surface area contributed by atoms with Gasteiger partial charge in [0.05, 0.1) is 11.4 Å². The molecule has 0 N–H and O–H groups in total. The molecule has 172 valence electrons. The highest BCUT2D eigenvalue weighted by Crippen LogP contribution is 2.35. The van der Waals surface area contributed by atoms with Gasteiger partial charge >= 0.3 is 0 Å². The third-order valence-corrected chi connectivity index (χ3v) is 6.84. The van der Waals surface area contributed by atoms with E-state index in [1.807, 2.05) is 0 Å². The summed E-state index contributed by atoms with van der Waals surface area (Å²) in [5, 5.41) is -0.509. The molecule has 34 heavy (non-hydrogen) atoms. The zero-order valence-electron chi connectivity index (χ0n) is 17.5. The molecule has 5 nitrogen and oxygen atoms in total. The van der Waals surface area contributed by atoms with Crippen molar-refractivity contribution in [1.29, 1.82) is 0 Å². The molecule has 0 spiro atoms. The Balaban J connectivity index is 1.52. The first-order valence-corrected chi connectivity index (χ1v) is 12.4. The van der Waals surface area contributed by atoms with Crippen LogP contribution in [0.25, 0.3) is 6.08 Å². The van der Waals surface area contributed by atoms with Gasteiger partial charge < -0.3 is 4.74 Å². The van der Waals surface area contributed by atoms with E-state index in [0.29, 0.717) is 16.9 Å². The molecule has 1 fully saturated rings. The highest BCUT2D eigenvalue weighted by Gasteiger charge is 2.36. The maximum absolute atomic E-state index is 13.1. The fourth-order valence-electron chi connectivity index (χ4n) is 3.15. The van der Waals surface area contributed by atoms with Crippen molar-refractivity contribution in [3.05, 3.63) is 103 Å². The van der Waals surface area contributed by atoms with Crippen LogP contribution in [0.2, 0.25) is 0 Å². The van der Waals surface area contributed by atoms with E-state index >= 15 is 0 Å². The lowest BCUT2D eigenvalue weighted by atomic mass is 10.1. The van der Waals surface area contributed by atoms with Crippen LogP contribution in [0.15, 0.2) is 80.6 Å². The number of halogens is 3. The number of carbonyl (C=O) groups is 3. The minimum atomic E-state index is -0.537. The summed E-state index contributed by atoms with van der Waals surface area (Å²) in [4.78, 5) is 39.1. The van der Waals surface area contributed by atoms with Crippen molar-refractivity contribution in [2.75, 3.05) is 6.54 Å². The van der Waals surface area contributed by atoms with Gasteiger partial charge in [-0.1, -0.05) is 56.1 Å². The number of carbonyl (C=O) groups excluding carboxylic acids is 3. The van der Waals surface area contributed by atoms with E-state index in [1.54, 1.807) is 60.7 Å². The third kappa shape index (κ3) is 5.84. The number of hydrogen-bond donors (Lipinski definition) is 0. The maximum Gasteiger partial charge on any atom is 0.293 e. The number of hydrogen-bond acceptors (Lipinski definition) is 5. The van der Waals surface area contributed by atoms with Gasteiger partial charge in [0.25, 0.3) is 11.1 Å². The molecule has 0 unspecified atom stereocenters. The topological polar surface area (TPSA) is 63.7 Å². The Kier molecular flexibility index (Phi) is 7.65. The second kappa shape index (κ2) is 10.7. The van der Waals surface area contributed by atoms with Crippen molar-refractivity contribution in [2.24, 2.45) is 0 Å². The molecule has 0 aromatic heterocycles. The van der Waals surface area contributed by atoms with Crippen molar-refractivity contribution < 1.29 is 23.5 Å². The fourth-order valence-corrected chi connectivity index (χ4v) is 4.63. The SMILES string of the molecule is O=C(CN1C(=O)S/C(=C\c2cc(Br)ccc2OCc2ccc(F)cc2)C1=O)c1ccc(Br)cc1. The second-order valence-corrected chi connectivity index (χ2v) is 10.1. The summed E-state index contributed by atoms with van der Waals surface area (Å²) in [5.41, 5.74) is 1.78. The highest BCUT2D eigenvalue weighted by atomic mass is 79.9. The number of Topliss-reactive ketones (excluding diaryl/α,β-unsaturated/α-hetero) is 1. The molecule has 2 amide bonds. The Morgan fingerprint density at radius 2 is 1.65 bits per heavy atom. The lowest BCUT2D eigenvalue weighted by molar-refractivity contribution is -0.122. The molecule has 9 heteroatoms. The molecule has 0 aliphatic carbocycles. The smallest absolute Gasteiger partial charge is 0.293 e. The summed E-state index contributed by atoms with van der Waals surface area (Å²) >= 11 is 7.49. The van der Waals surface area contributed by atoms with Crippen LogP contribution >= 0.6 is 43.6 Å². The standard InChI is InChI=1S/C25H16Br2FNO4S/c26-18-5-3-16(4-6-18)21(30)13-29-24(31)23(34-25(29)32)12-17-11-19(27)7-10-22(17)33-14-15-1-8-20(28)9-2-15/h1-12H,13-14H2/b23-12-. The average Bonchev–Trinajstić information content (AvgIpc) is 3.07. The Morgan fingerprint density at radius 3 is 2.35 bits per heavy atom. The van der Waals surface area contributed by atoms with Gasteiger partial charge in [-0.3, -0.25) is 19.3 Å². The van der Waals surface area contributed by atoms with Gasteiger partial charge in [-0.15, -0.1) is 0 Å². The first-order chi connectivity index (χ1) is 16.3. The maximum atomic E-state index is 13.1. The van der Waals surface area contributed by atoms with E-state index in [9.17, 15) is 18.8 Å². The average molecular weight is 605 g/mol. The van der Waals surface area contributed by atoms with Crippen LogP contribution in [0.4, 0.5) is 9.18 Å². The van der Waals surface area contributed by atoms with Gasteiger partial charge in [0.15, 0.2) is 5.78 Å². The molecule has 1 aliphatic rings. The monoisotopic (exact) mass is 603 g/mol. The molecule has 0 radical (unpaired) electrons. The van der Waals surface area contributed by atoms with Crippen molar-refractivity contribution in [3.8, 4) is 5.75 Å². The van der Waals surface area contributed by atoms with Crippen LogP contribution in [0.1, 0.15) is 21.5 Å². The summed E-state index contributed by atoms with van der Waals surface area (Å²) in [6, 6.07) is 18.0. The molecule has 0 atom stereocenters. The van der Waals surface area contributed by atoms with Gasteiger partial charge in [-0.2, -0.15) is 0 Å². The van der Waals surface area contributed by atoms with Crippen LogP contribution in [0, 0.1) is 5.82 Å². The van der Waals surface area contributed by atoms with Crippen molar-refractivity contribution in [3.63, 3.8) is 0 Å². The number of rotatable bonds is 7. The largest absolute Gasteiger partial charge is 0.488 e. The number of thioether (sulfide) groups is 1. The van der Waals surface area contributed by atoms with Crippen LogP contribution < -0.4 is 4.74 Å². The van der Waals surface area contributed by atoms with Gasteiger partial charge in [0, 0.05) is 20.1 Å². The minimum absolute atomic E-state index is 0.193. The summed E-state index contributed by atoms with van der Waals surface area (Å²) in [6.45, 7) is -0.137. The van der Waals surface area contributed by atoms with Crippen molar-refractivity contribution in [2.45, 2.75) is 6.61 Å². The summed E-state index contributed by atoms with van der Waals surface area (Å²) in [5.74, 6) is -0.709. The molecular weight excluding hydrogens is 589 g/mol. The van der Waals surface area contributed by atoms with Crippen LogP contribution in [-0.2, 0) is 11.4 Å². The summed E-state index contributed by atoms with van der Waals surface area (Å²) < 4.78 is 20.6. The Hall–Kier alpha value is -2.75. The van der Waals surface area contributed by atoms with E-state index < -0.39 is 11.1 Å². The van der Waals surface area contributed by atoms with E-state index in [4.69, 9.17) is 4.74 Å². The zero-order valence-corrected chi connectivity index (χ0v) is 21.5. The van der Waals surface area contributed by atoms with Gasteiger partial charge in [0.2, 0.25) is 0 Å². The second-order valence-electron chi connectivity index (χ2n) is 7.30. The quantitative estimate of drug-likeness (QED) is 0.218. The fraction of sp³-hybridized carbons (Fsp3) is 0.0800. The molecule has 1 saturated heterocycles. The Bertz CT molecular complexity index is 1290.